The zero-order valence-electron chi connectivity index (χ0n) is 18.7. The number of methoxy groups -OCH3 is 3. The number of carbonyl (C=O) groups is 2. The molecule has 3 rings (SSSR count). The maximum absolute atomic E-state index is 12.3. The van der Waals surface area contributed by atoms with E-state index in [2.05, 4.69) is 10.3 Å². The predicted octanol–water partition coefficient (Wildman–Crippen LogP) is 3.85. The van der Waals surface area contributed by atoms with Crippen LogP contribution in [0.2, 0.25) is 0 Å². The number of thiazole rings is 1. The van der Waals surface area contributed by atoms with Gasteiger partial charge in [0.1, 0.15) is 17.4 Å². The van der Waals surface area contributed by atoms with Crippen LogP contribution in [0.3, 0.4) is 0 Å². The van der Waals surface area contributed by atoms with E-state index in [1.807, 2.05) is 31.2 Å². The summed E-state index contributed by atoms with van der Waals surface area (Å²) in [6.07, 6.45) is 0. The molecule has 0 unspecified atom stereocenters. The lowest BCUT2D eigenvalue weighted by molar-refractivity contribution is -0.119. The highest BCUT2D eigenvalue weighted by Gasteiger charge is 2.17. The molecular formula is C23H24N2O7S. The van der Waals surface area contributed by atoms with E-state index >= 15 is 0 Å². The summed E-state index contributed by atoms with van der Waals surface area (Å²) in [5, 5.41) is 4.81. The van der Waals surface area contributed by atoms with Crippen molar-refractivity contribution >= 4 is 28.9 Å². The normalized spacial score (nSPS) is 10.3. The third-order valence-corrected chi connectivity index (χ3v) is 5.25. The number of aromatic nitrogens is 1. The molecule has 0 bridgehead atoms. The summed E-state index contributed by atoms with van der Waals surface area (Å²) in [4.78, 5) is 28.7. The zero-order valence-corrected chi connectivity index (χ0v) is 19.5. The minimum absolute atomic E-state index is 0.114. The lowest BCUT2D eigenvalue weighted by Gasteiger charge is -2.14. The topological polar surface area (TPSA) is 105 Å². The molecule has 0 spiro atoms. The van der Waals surface area contributed by atoms with E-state index in [0.717, 1.165) is 5.56 Å². The lowest BCUT2D eigenvalue weighted by Crippen LogP contribution is -2.21. The molecule has 0 saturated carbocycles. The number of hydrogen-bond acceptors (Lipinski definition) is 9. The van der Waals surface area contributed by atoms with Gasteiger partial charge in [0, 0.05) is 23.2 Å². The van der Waals surface area contributed by atoms with Crippen molar-refractivity contribution in [3.8, 4) is 23.0 Å². The second-order valence-corrected chi connectivity index (χ2v) is 7.71. The van der Waals surface area contributed by atoms with Gasteiger partial charge >= 0.3 is 5.97 Å². The smallest absolute Gasteiger partial charge is 0.358 e. The second-order valence-electron chi connectivity index (χ2n) is 6.77. The Labute approximate surface area is 195 Å². The summed E-state index contributed by atoms with van der Waals surface area (Å²) >= 11 is 1.27. The number of esters is 1. The van der Waals surface area contributed by atoms with Gasteiger partial charge in [-0.15, -0.1) is 11.3 Å². The largest absolute Gasteiger partial charge is 0.493 e. The number of aryl methyl sites for hydroxylation is 1. The molecule has 1 amide bonds. The van der Waals surface area contributed by atoms with Gasteiger partial charge in [0.05, 0.1) is 21.3 Å². The van der Waals surface area contributed by atoms with Crippen molar-refractivity contribution in [1.82, 2.24) is 4.98 Å². The summed E-state index contributed by atoms with van der Waals surface area (Å²) in [6, 6.07) is 10.8. The summed E-state index contributed by atoms with van der Waals surface area (Å²) in [6.45, 7) is 1.73. The molecule has 0 saturated heterocycles. The fraction of sp³-hybridized carbons (Fsp3) is 0.261. The molecule has 10 heteroatoms. The van der Waals surface area contributed by atoms with Crippen LogP contribution < -0.4 is 24.3 Å². The number of carbonyl (C=O) groups excluding carboxylic acids is 2. The summed E-state index contributed by atoms with van der Waals surface area (Å²) in [5.41, 5.74) is 1.65. The third kappa shape index (κ3) is 6.36. The van der Waals surface area contributed by atoms with Gasteiger partial charge in [-0.1, -0.05) is 17.7 Å². The first kappa shape index (κ1) is 23.9. The van der Waals surface area contributed by atoms with Gasteiger partial charge in [-0.3, -0.25) is 4.79 Å². The van der Waals surface area contributed by atoms with Crippen LogP contribution in [0.4, 0.5) is 5.69 Å². The highest BCUT2D eigenvalue weighted by atomic mass is 32.1. The molecule has 33 heavy (non-hydrogen) atoms. The van der Waals surface area contributed by atoms with Crippen molar-refractivity contribution in [2.24, 2.45) is 0 Å². The van der Waals surface area contributed by atoms with Crippen LogP contribution in [0.5, 0.6) is 23.0 Å². The van der Waals surface area contributed by atoms with E-state index in [1.165, 1.54) is 32.7 Å². The zero-order chi connectivity index (χ0) is 23.8. The van der Waals surface area contributed by atoms with Gasteiger partial charge in [-0.05, 0) is 19.1 Å². The predicted molar refractivity (Wildman–Crippen MR) is 123 cm³/mol. The molecule has 2 aromatic carbocycles. The average molecular weight is 473 g/mol. The molecule has 0 aliphatic rings. The SMILES string of the molecule is COc1cc(NC(=O)COC(=O)c2csc(COc3ccc(C)cc3)n2)cc(OC)c1OC. The van der Waals surface area contributed by atoms with E-state index in [1.54, 1.807) is 17.5 Å². The summed E-state index contributed by atoms with van der Waals surface area (Å²) < 4.78 is 26.5. The number of nitrogens with zero attached hydrogens (tertiary/aromatic N) is 1. The Morgan fingerprint density at radius 3 is 2.27 bits per heavy atom. The Morgan fingerprint density at radius 2 is 1.67 bits per heavy atom. The molecular weight excluding hydrogens is 448 g/mol. The van der Waals surface area contributed by atoms with Crippen LogP contribution in [0.25, 0.3) is 0 Å². The van der Waals surface area contributed by atoms with Gasteiger partial charge in [-0.2, -0.15) is 0 Å². The number of rotatable bonds is 10. The van der Waals surface area contributed by atoms with E-state index < -0.39 is 18.5 Å². The molecule has 3 aromatic rings. The standard InChI is InChI=1S/C23H24N2O7S/c1-14-5-7-16(8-6-14)31-12-21-25-17(13-33-21)23(27)32-11-20(26)24-15-9-18(28-2)22(30-4)19(10-15)29-3/h5-10,13H,11-12H2,1-4H3,(H,24,26). The molecule has 0 aliphatic carbocycles. The molecule has 1 heterocycles. The number of anilines is 1. The molecule has 1 N–H and O–H groups in total. The van der Waals surface area contributed by atoms with E-state index in [-0.39, 0.29) is 12.3 Å². The number of hydrogen-bond donors (Lipinski definition) is 1. The Morgan fingerprint density at radius 1 is 1.00 bits per heavy atom. The van der Waals surface area contributed by atoms with Crippen LogP contribution in [-0.2, 0) is 16.1 Å². The monoisotopic (exact) mass is 472 g/mol. The van der Waals surface area contributed by atoms with Crippen LogP contribution in [-0.4, -0.2) is 44.8 Å². The van der Waals surface area contributed by atoms with Gasteiger partial charge in [0.25, 0.3) is 5.91 Å². The minimum atomic E-state index is -0.701. The van der Waals surface area contributed by atoms with Crippen LogP contribution >= 0.6 is 11.3 Å². The van der Waals surface area contributed by atoms with Crippen molar-refractivity contribution in [2.75, 3.05) is 33.3 Å². The van der Waals surface area contributed by atoms with Crippen molar-refractivity contribution in [3.63, 3.8) is 0 Å². The number of benzene rings is 2. The van der Waals surface area contributed by atoms with Crippen molar-refractivity contribution in [2.45, 2.75) is 13.5 Å². The quantitative estimate of drug-likeness (QED) is 0.444. The van der Waals surface area contributed by atoms with Crippen LogP contribution in [0.1, 0.15) is 21.1 Å². The molecule has 9 nitrogen and oxygen atoms in total. The van der Waals surface area contributed by atoms with Crippen molar-refractivity contribution in [3.05, 3.63) is 58.0 Å². The molecule has 0 fully saturated rings. The third-order valence-electron chi connectivity index (χ3n) is 4.43. The maximum Gasteiger partial charge on any atom is 0.358 e. The fourth-order valence-electron chi connectivity index (χ4n) is 2.81. The Bertz CT molecular complexity index is 1090. The Kier molecular flexibility index (Phi) is 8.09. The second kappa shape index (κ2) is 11.2. The number of nitrogens with one attached hydrogen (secondary N) is 1. The van der Waals surface area contributed by atoms with Gasteiger partial charge in [0.2, 0.25) is 5.75 Å². The average Bonchev–Trinajstić information content (AvgIpc) is 3.30. The lowest BCUT2D eigenvalue weighted by atomic mass is 10.2. The van der Waals surface area contributed by atoms with E-state index in [0.29, 0.717) is 33.7 Å². The molecule has 0 radical (unpaired) electrons. The van der Waals surface area contributed by atoms with Gasteiger partial charge < -0.3 is 29.0 Å². The number of ether oxygens (including phenoxy) is 5. The first-order valence-corrected chi connectivity index (χ1v) is 10.7. The molecule has 0 aliphatic heterocycles. The summed E-state index contributed by atoms with van der Waals surface area (Å²) in [7, 11) is 4.42. The van der Waals surface area contributed by atoms with Crippen molar-refractivity contribution in [1.29, 1.82) is 0 Å². The minimum Gasteiger partial charge on any atom is -0.493 e. The van der Waals surface area contributed by atoms with Gasteiger partial charge in [0.15, 0.2) is 23.8 Å². The van der Waals surface area contributed by atoms with E-state index in [9.17, 15) is 9.59 Å². The first-order valence-electron chi connectivity index (χ1n) is 9.84. The first-order chi connectivity index (χ1) is 15.9. The Balaban J connectivity index is 1.52. The van der Waals surface area contributed by atoms with Crippen LogP contribution in [0, 0.1) is 6.92 Å². The number of amides is 1. The molecule has 0 atom stereocenters. The molecule has 1 aromatic heterocycles. The van der Waals surface area contributed by atoms with Crippen LogP contribution in [0.15, 0.2) is 41.8 Å². The Hall–Kier alpha value is -3.79. The fourth-order valence-corrected chi connectivity index (χ4v) is 3.48. The highest BCUT2D eigenvalue weighted by Crippen LogP contribution is 2.39. The van der Waals surface area contributed by atoms with Gasteiger partial charge in [-0.25, -0.2) is 9.78 Å². The van der Waals surface area contributed by atoms with Crippen molar-refractivity contribution < 1.29 is 33.3 Å². The highest BCUT2D eigenvalue weighted by molar-refractivity contribution is 7.09. The maximum atomic E-state index is 12.3. The summed E-state index contributed by atoms with van der Waals surface area (Å²) in [5.74, 6) is 0.640. The van der Waals surface area contributed by atoms with E-state index in [4.69, 9.17) is 23.7 Å². The molecule has 174 valence electrons.